The van der Waals surface area contributed by atoms with Crippen LogP contribution < -0.4 is 0 Å². The Bertz CT molecular complexity index is 687. The van der Waals surface area contributed by atoms with E-state index >= 15 is 0 Å². The van der Waals surface area contributed by atoms with E-state index < -0.39 is 26.2 Å². The number of hydrogen-bond acceptors (Lipinski definition) is 4. The molecule has 128 valence electrons. The third-order valence-corrected chi connectivity index (χ3v) is 7.60. The van der Waals surface area contributed by atoms with E-state index in [9.17, 15) is 17.2 Å². The topological polar surface area (TPSA) is 46.6 Å². The molecular formula is C16H21F2NO3S. The van der Waals surface area contributed by atoms with Crippen LogP contribution >= 0.6 is 0 Å². The first kappa shape index (κ1) is 16.8. The fraction of sp³-hybridized carbons (Fsp3) is 0.625. The van der Waals surface area contributed by atoms with Gasteiger partial charge in [-0.15, -0.1) is 0 Å². The van der Waals surface area contributed by atoms with Gasteiger partial charge in [-0.05, 0) is 31.0 Å². The Kier molecular flexibility index (Phi) is 4.46. The van der Waals surface area contributed by atoms with E-state index in [0.717, 1.165) is 6.07 Å². The summed E-state index contributed by atoms with van der Waals surface area (Å²) in [6.07, 6.45) is 0.640. The molecule has 1 aromatic rings. The number of benzene rings is 1. The molecule has 4 nitrogen and oxygen atoms in total. The van der Waals surface area contributed by atoms with Gasteiger partial charge in [0.2, 0.25) is 0 Å². The Morgan fingerprint density at radius 2 is 2.04 bits per heavy atom. The average molecular weight is 345 g/mol. The number of likely N-dealkylation sites (tertiary alicyclic amines) is 1. The highest BCUT2D eigenvalue weighted by Crippen LogP contribution is 2.45. The summed E-state index contributed by atoms with van der Waals surface area (Å²) in [7, 11) is -3.13. The smallest absolute Gasteiger partial charge is 0.159 e. The largest absolute Gasteiger partial charge is 0.381 e. The normalized spacial score (nSPS) is 25.6. The lowest BCUT2D eigenvalue weighted by molar-refractivity contribution is 0.0291. The van der Waals surface area contributed by atoms with Crippen LogP contribution in [0.25, 0.3) is 0 Å². The first-order chi connectivity index (χ1) is 10.9. The van der Waals surface area contributed by atoms with E-state index in [4.69, 9.17) is 4.74 Å². The zero-order chi connectivity index (χ0) is 16.7. The summed E-state index contributed by atoms with van der Waals surface area (Å²) in [5.74, 6) is -1.51. The third-order valence-electron chi connectivity index (χ3n) is 4.99. The molecule has 0 saturated carbocycles. The summed E-state index contributed by atoms with van der Waals surface area (Å²) in [6.45, 7) is 4.24. The molecule has 1 atom stereocenters. The fourth-order valence-electron chi connectivity index (χ4n) is 3.69. The second-order valence-corrected chi connectivity index (χ2v) is 8.87. The highest BCUT2D eigenvalue weighted by Gasteiger charge is 2.61. The maximum atomic E-state index is 13.3. The van der Waals surface area contributed by atoms with E-state index in [1.165, 1.54) is 12.1 Å². The number of halogens is 2. The van der Waals surface area contributed by atoms with Gasteiger partial charge in [-0.3, -0.25) is 4.90 Å². The Hall–Kier alpha value is -1.05. The summed E-state index contributed by atoms with van der Waals surface area (Å²) in [5, 5.41) is 0. The van der Waals surface area contributed by atoms with Gasteiger partial charge in [-0.2, -0.15) is 0 Å². The second-order valence-electron chi connectivity index (χ2n) is 6.42. The van der Waals surface area contributed by atoms with Crippen LogP contribution in [-0.2, 0) is 21.1 Å². The quantitative estimate of drug-likeness (QED) is 0.819. The standard InChI is InChI=1S/C16H21F2NO3S/c1-2-22-9-13-5-6-23(20,21)16(13)10-19(11-16)8-12-3-4-14(17)15(18)7-12/h3-4,7,13H,2,5-6,8-11H2,1H3/t13-/m1/s1. The lowest BCUT2D eigenvalue weighted by Gasteiger charge is -2.50. The molecule has 0 N–H and O–H groups in total. The predicted octanol–water partition coefficient (Wildman–Crippen LogP) is 1.99. The van der Waals surface area contributed by atoms with Crippen LogP contribution in [-0.4, -0.2) is 50.1 Å². The molecule has 0 unspecified atom stereocenters. The molecule has 2 heterocycles. The van der Waals surface area contributed by atoms with E-state index in [2.05, 4.69) is 0 Å². The minimum atomic E-state index is -3.13. The van der Waals surface area contributed by atoms with Gasteiger partial charge in [-0.1, -0.05) is 6.07 Å². The Morgan fingerprint density at radius 1 is 1.30 bits per heavy atom. The molecule has 0 bridgehead atoms. The van der Waals surface area contributed by atoms with Crippen molar-refractivity contribution in [3.8, 4) is 0 Å². The Balaban J connectivity index is 1.68. The minimum Gasteiger partial charge on any atom is -0.381 e. The number of nitrogens with zero attached hydrogens (tertiary/aromatic N) is 1. The van der Waals surface area contributed by atoms with Crippen molar-refractivity contribution in [3.63, 3.8) is 0 Å². The van der Waals surface area contributed by atoms with Gasteiger partial charge < -0.3 is 4.74 Å². The molecular weight excluding hydrogens is 324 g/mol. The monoisotopic (exact) mass is 345 g/mol. The molecule has 2 saturated heterocycles. The molecule has 1 aromatic carbocycles. The molecule has 23 heavy (non-hydrogen) atoms. The highest BCUT2D eigenvalue weighted by molar-refractivity contribution is 7.93. The number of hydrogen-bond donors (Lipinski definition) is 0. The van der Waals surface area contributed by atoms with Crippen LogP contribution in [0.3, 0.4) is 0 Å². The number of ether oxygens (including phenoxy) is 1. The van der Waals surface area contributed by atoms with Crippen LogP contribution in [0.1, 0.15) is 18.9 Å². The van der Waals surface area contributed by atoms with Crippen molar-refractivity contribution < 1.29 is 21.9 Å². The highest BCUT2D eigenvalue weighted by atomic mass is 32.2. The van der Waals surface area contributed by atoms with Crippen molar-refractivity contribution in [2.45, 2.75) is 24.6 Å². The van der Waals surface area contributed by atoms with Gasteiger partial charge >= 0.3 is 0 Å². The predicted molar refractivity (Wildman–Crippen MR) is 82.8 cm³/mol. The zero-order valence-corrected chi connectivity index (χ0v) is 13.9. The van der Waals surface area contributed by atoms with E-state index in [1.807, 2.05) is 11.8 Å². The molecule has 0 aromatic heterocycles. The third kappa shape index (κ3) is 2.90. The summed E-state index contributed by atoms with van der Waals surface area (Å²) in [6, 6.07) is 3.80. The molecule has 2 fully saturated rings. The molecule has 2 aliphatic heterocycles. The molecule has 0 aliphatic carbocycles. The van der Waals surface area contributed by atoms with E-state index in [0.29, 0.717) is 44.8 Å². The average Bonchev–Trinajstić information content (AvgIpc) is 2.72. The second kappa shape index (κ2) is 6.11. The molecule has 3 rings (SSSR count). The van der Waals surface area contributed by atoms with Crippen molar-refractivity contribution in [3.05, 3.63) is 35.4 Å². The molecule has 7 heteroatoms. The van der Waals surface area contributed by atoms with Crippen molar-refractivity contribution in [2.24, 2.45) is 5.92 Å². The van der Waals surface area contributed by atoms with Gasteiger partial charge in [0.05, 0.1) is 12.4 Å². The van der Waals surface area contributed by atoms with Crippen LogP contribution in [0.2, 0.25) is 0 Å². The van der Waals surface area contributed by atoms with Gasteiger partial charge in [0.15, 0.2) is 21.5 Å². The van der Waals surface area contributed by atoms with Gasteiger partial charge in [0, 0.05) is 32.2 Å². The van der Waals surface area contributed by atoms with Gasteiger partial charge in [-0.25, -0.2) is 17.2 Å². The molecule has 1 spiro atoms. The van der Waals surface area contributed by atoms with Crippen molar-refractivity contribution in [1.29, 1.82) is 0 Å². The van der Waals surface area contributed by atoms with Gasteiger partial charge in [0.25, 0.3) is 0 Å². The van der Waals surface area contributed by atoms with Crippen molar-refractivity contribution in [2.75, 3.05) is 32.1 Å². The van der Waals surface area contributed by atoms with Crippen LogP contribution in [0, 0.1) is 17.6 Å². The minimum absolute atomic E-state index is 0.0219. The molecule has 0 radical (unpaired) electrons. The van der Waals surface area contributed by atoms with Gasteiger partial charge in [0.1, 0.15) is 4.75 Å². The fourth-order valence-corrected chi connectivity index (χ4v) is 6.14. The van der Waals surface area contributed by atoms with E-state index in [-0.39, 0.29) is 11.7 Å². The summed E-state index contributed by atoms with van der Waals surface area (Å²) >= 11 is 0. The summed E-state index contributed by atoms with van der Waals surface area (Å²) < 4.78 is 55.8. The Morgan fingerprint density at radius 3 is 2.70 bits per heavy atom. The molecule has 0 amide bonds. The SMILES string of the molecule is CCOC[C@H]1CCS(=O)(=O)C12CN(Cc1ccc(F)c(F)c1)C2. The number of rotatable bonds is 5. The number of sulfone groups is 1. The van der Waals surface area contributed by atoms with Crippen molar-refractivity contribution in [1.82, 2.24) is 4.90 Å². The van der Waals surface area contributed by atoms with Crippen LogP contribution in [0.15, 0.2) is 18.2 Å². The maximum Gasteiger partial charge on any atom is 0.159 e. The van der Waals surface area contributed by atoms with Crippen LogP contribution in [0.5, 0.6) is 0 Å². The maximum absolute atomic E-state index is 13.3. The van der Waals surface area contributed by atoms with E-state index in [1.54, 1.807) is 0 Å². The van der Waals surface area contributed by atoms with Crippen LogP contribution in [0.4, 0.5) is 8.78 Å². The summed E-state index contributed by atoms with van der Waals surface area (Å²) in [5.41, 5.74) is 0.649. The first-order valence-corrected chi connectivity index (χ1v) is 9.49. The van der Waals surface area contributed by atoms with Crippen molar-refractivity contribution >= 4 is 9.84 Å². The Labute approximate surface area is 135 Å². The summed E-state index contributed by atoms with van der Waals surface area (Å²) in [4.78, 5) is 1.97. The first-order valence-electron chi connectivity index (χ1n) is 7.84. The lowest BCUT2D eigenvalue weighted by atomic mass is 9.83. The lowest BCUT2D eigenvalue weighted by Crippen LogP contribution is -2.67. The zero-order valence-electron chi connectivity index (χ0n) is 13.1. The molecule has 2 aliphatic rings.